The van der Waals surface area contributed by atoms with Crippen molar-refractivity contribution in [2.45, 2.75) is 31.1 Å². The van der Waals surface area contributed by atoms with Gasteiger partial charge in [-0.3, -0.25) is 4.89 Å². The number of benzene rings is 1. The number of carbonyl (C=O) groups excluding carboxylic acids is 1. The van der Waals surface area contributed by atoms with Crippen molar-refractivity contribution in [2.24, 2.45) is 5.92 Å². The smallest absolute Gasteiger partial charge is 0.281 e. The SMILES string of the molecule is Cc1ccc(S(=O)(=O)OOC(=O)C2CCC2)cc1. The molecule has 1 aromatic rings. The average molecular weight is 270 g/mol. The Kier molecular flexibility index (Phi) is 3.68. The molecule has 0 heterocycles. The zero-order valence-electron chi connectivity index (χ0n) is 9.96. The Morgan fingerprint density at radius 3 is 2.33 bits per heavy atom. The lowest BCUT2D eigenvalue weighted by Gasteiger charge is -2.21. The van der Waals surface area contributed by atoms with Crippen LogP contribution in [0, 0.1) is 12.8 Å². The highest BCUT2D eigenvalue weighted by molar-refractivity contribution is 7.86. The van der Waals surface area contributed by atoms with E-state index in [0.717, 1.165) is 24.8 Å². The Hall–Kier alpha value is -1.40. The molecular weight excluding hydrogens is 256 g/mol. The van der Waals surface area contributed by atoms with Crippen molar-refractivity contribution in [3.8, 4) is 0 Å². The van der Waals surface area contributed by atoms with Crippen molar-refractivity contribution in [3.05, 3.63) is 29.8 Å². The summed E-state index contributed by atoms with van der Waals surface area (Å²) >= 11 is 0. The lowest BCUT2D eigenvalue weighted by atomic mass is 9.86. The third-order valence-electron chi connectivity index (χ3n) is 2.95. The Balaban J connectivity index is 1.98. The molecule has 98 valence electrons. The van der Waals surface area contributed by atoms with Gasteiger partial charge in [0, 0.05) is 0 Å². The Morgan fingerprint density at radius 1 is 1.22 bits per heavy atom. The van der Waals surface area contributed by atoms with Crippen LogP contribution in [0.3, 0.4) is 0 Å². The lowest BCUT2D eigenvalue weighted by molar-refractivity contribution is -0.219. The molecule has 0 atom stereocenters. The van der Waals surface area contributed by atoms with Crippen molar-refractivity contribution >= 4 is 16.1 Å². The van der Waals surface area contributed by atoms with Crippen molar-refractivity contribution in [1.29, 1.82) is 0 Å². The van der Waals surface area contributed by atoms with Gasteiger partial charge in [-0.15, -0.1) is 0 Å². The minimum absolute atomic E-state index is 0.0329. The third-order valence-corrected chi connectivity index (χ3v) is 4.05. The molecule has 5 nitrogen and oxygen atoms in total. The molecule has 1 aromatic carbocycles. The molecule has 1 fully saturated rings. The molecular formula is C12H14O5S. The second kappa shape index (κ2) is 5.07. The van der Waals surface area contributed by atoms with Crippen LogP contribution in [0.5, 0.6) is 0 Å². The van der Waals surface area contributed by atoms with E-state index < -0.39 is 16.1 Å². The molecule has 1 aliphatic carbocycles. The molecule has 18 heavy (non-hydrogen) atoms. The van der Waals surface area contributed by atoms with Gasteiger partial charge in [0.25, 0.3) is 0 Å². The highest BCUT2D eigenvalue weighted by atomic mass is 32.2. The van der Waals surface area contributed by atoms with Crippen LogP contribution < -0.4 is 0 Å². The molecule has 2 rings (SSSR count). The van der Waals surface area contributed by atoms with E-state index in [2.05, 4.69) is 9.22 Å². The van der Waals surface area contributed by atoms with E-state index in [1.54, 1.807) is 12.1 Å². The molecule has 1 aliphatic rings. The van der Waals surface area contributed by atoms with Gasteiger partial charge in [-0.05, 0) is 36.2 Å². The Morgan fingerprint density at radius 2 is 1.83 bits per heavy atom. The maximum Gasteiger partial charge on any atom is 0.347 e. The van der Waals surface area contributed by atoms with Gasteiger partial charge in [0.05, 0.1) is 10.8 Å². The van der Waals surface area contributed by atoms with E-state index in [4.69, 9.17) is 0 Å². The molecule has 0 aliphatic heterocycles. The van der Waals surface area contributed by atoms with Crippen LogP contribution >= 0.6 is 0 Å². The standard InChI is InChI=1S/C12H14O5S/c1-9-5-7-11(8-6-9)18(14,15)17-16-12(13)10-3-2-4-10/h5-8,10H,2-4H2,1H3. The van der Waals surface area contributed by atoms with Gasteiger partial charge >= 0.3 is 16.1 Å². The molecule has 0 saturated heterocycles. The average Bonchev–Trinajstić information content (AvgIpc) is 2.25. The predicted molar refractivity (Wildman–Crippen MR) is 62.9 cm³/mol. The number of hydrogen-bond acceptors (Lipinski definition) is 5. The first kappa shape index (κ1) is 13.0. The first-order valence-corrected chi connectivity index (χ1v) is 7.11. The summed E-state index contributed by atoms with van der Waals surface area (Å²) in [6.07, 6.45) is 2.42. The first-order chi connectivity index (χ1) is 8.49. The molecule has 0 amide bonds. The van der Waals surface area contributed by atoms with Gasteiger partial charge in [-0.1, -0.05) is 24.1 Å². The van der Waals surface area contributed by atoms with E-state index in [0.29, 0.717) is 0 Å². The van der Waals surface area contributed by atoms with Crippen LogP contribution in [0.4, 0.5) is 0 Å². The van der Waals surface area contributed by atoms with E-state index in [1.165, 1.54) is 12.1 Å². The van der Waals surface area contributed by atoms with E-state index in [9.17, 15) is 13.2 Å². The second-order valence-electron chi connectivity index (χ2n) is 4.37. The van der Waals surface area contributed by atoms with Crippen molar-refractivity contribution in [3.63, 3.8) is 0 Å². The summed E-state index contributed by atoms with van der Waals surface area (Å²) in [4.78, 5) is 15.7. The van der Waals surface area contributed by atoms with Gasteiger partial charge in [0.15, 0.2) is 0 Å². The number of hydrogen-bond donors (Lipinski definition) is 0. The minimum Gasteiger partial charge on any atom is -0.281 e. The normalized spacial score (nSPS) is 16.1. The highest BCUT2D eigenvalue weighted by Crippen LogP contribution is 2.27. The summed E-state index contributed by atoms with van der Waals surface area (Å²) in [6.45, 7) is 1.84. The molecule has 6 heteroatoms. The van der Waals surface area contributed by atoms with E-state index in [1.807, 2.05) is 6.92 Å². The highest BCUT2D eigenvalue weighted by Gasteiger charge is 2.29. The summed E-state index contributed by atoms with van der Waals surface area (Å²) in [5.41, 5.74) is 0.931. The van der Waals surface area contributed by atoms with Crippen LogP contribution in [-0.4, -0.2) is 14.4 Å². The molecule has 0 bridgehead atoms. The first-order valence-electron chi connectivity index (χ1n) is 5.71. The molecule has 0 spiro atoms. The maximum absolute atomic E-state index is 11.7. The maximum atomic E-state index is 11.7. The van der Waals surface area contributed by atoms with E-state index in [-0.39, 0.29) is 10.8 Å². The zero-order valence-corrected chi connectivity index (χ0v) is 10.8. The quantitative estimate of drug-likeness (QED) is 0.618. The van der Waals surface area contributed by atoms with Crippen molar-refractivity contribution < 1.29 is 22.4 Å². The fourth-order valence-corrected chi connectivity index (χ4v) is 2.24. The van der Waals surface area contributed by atoms with Gasteiger partial charge < -0.3 is 0 Å². The van der Waals surface area contributed by atoms with Crippen LogP contribution in [0.1, 0.15) is 24.8 Å². The Bertz CT molecular complexity index is 528. The fraction of sp³-hybridized carbons (Fsp3) is 0.417. The molecule has 0 unspecified atom stereocenters. The lowest BCUT2D eigenvalue weighted by Crippen LogP contribution is -2.25. The molecule has 1 saturated carbocycles. The van der Waals surface area contributed by atoms with E-state index >= 15 is 0 Å². The van der Waals surface area contributed by atoms with Gasteiger partial charge in [-0.2, -0.15) is 8.42 Å². The van der Waals surface area contributed by atoms with Gasteiger partial charge in [0.2, 0.25) is 0 Å². The van der Waals surface area contributed by atoms with Crippen molar-refractivity contribution in [2.75, 3.05) is 0 Å². The van der Waals surface area contributed by atoms with Crippen LogP contribution in [-0.2, 0) is 24.1 Å². The molecule has 0 radical (unpaired) electrons. The Labute approximate surface area is 106 Å². The summed E-state index contributed by atoms with van der Waals surface area (Å²) < 4.78 is 27.7. The number of aryl methyl sites for hydroxylation is 1. The molecule has 0 aromatic heterocycles. The van der Waals surface area contributed by atoms with Crippen LogP contribution in [0.15, 0.2) is 29.2 Å². The largest absolute Gasteiger partial charge is 0.347 e. The van der Waals surface area contributed by atoms with Crippen molar-refractivity contribution in [1.82, 2.24) is 0 Å². The fourth-order valence-electron chi connectivity index (χ4n) is 1.53. The van der Waals surface area contributed by atoms with Crippen LogP contribution in [0.2, 0.25) is 0 Å². The topological polar surface area (TPSA) is 69.7 Å². The third kappa shape index (κ3) is 2.88. The molecule has 0 N–H and O–H groups in total. The second-order valence-corrected chi connectivity index (χ2v) is 5.88. The predicted octanol–water partition coefficient (Wildman–Crippen LogP) is 1.96. The summed E-state index contributed by atoms with van der Waals surface area (Å²) in [6, 6.07) is 6.09. The summed E-state index contributed by atoms with van der Waals surface area (Å²) in [5, 5.41) is 0. The zero-order chi connectivity index (χ0) is 13.2. The number of rotatable bonds is 4. The monoisotopic (exact) mass is 270 g/mol. The van der Waals surface area contributed by atoms with Gasteiger partial charge in [-0.25, -0.2) is 4.79 Å². The number of carbonyl (C=O) groups is 1. The van der Waals surface area contributed by atoms with Crippen LogP contribution in [0.25, 0.3) is 0 Å². The van der Waals surface area contributed by atoms with Gasteiger partial charge in [0.1, 0.15) is 0 Å². The summed E-state index contributed by atoms with van der Waals surface area (Å²) in [7, 11) is -4.03. The minimum atomic E-state index is -4.03. The summed E-state index contributed by atoms with van der Waals surface area (Å²) in [5.74, 6) is -0.838.